The SMILES string of the molecule is C#CC1=NO[C@H]([C@@H](CO)OC[C@H](COCc2ccccc2)c2cc(C)ccc2S(=O)(=O)O)C1. The maximum atomic E-state index is 12.0. The van der Waals surface area contributed by atoms with Crippen LogP contribution in [0.4, 0.5) is 0 Å². The van der Waals surface area contributed by atoms with Crippen molar-refractivity contribution >= 4 is 15.8 Å². The van der Waals surface area contributed by atoms with Crippen LogP contribution in [0, 0.1) is 19.3 Å². The van der Waals surface area contributed by atoms with Crippen molar-refractivity contribution in [3.05, 3.63) is 65.2 Å². The fourth-order valence-corrected chi connectivity index (χ4v) is 4.30. The number of hydrogen-bond acceptors (Lipinski definition) is 7. The average molecular weight is 474 g/mol. The lowest BCUT2D eigenvalue weighted by Gasteiger charge is -2.25. The minimum absolute atomic E-state index is 0.0111. The number of ether oxygens (including phenoxy) is 2. The van der Waals surface area contributed by atoms with Crippen LogP contribution in [-0.2, 0) is 31.0 Å². The van der Waals surface area contributed by atoms with E-state index in [0.717, 1.165) is 11.1 Å². The van der Waals surface area contributed by atoms with Crippen LogP contribution in [0.3, 0.4) is 0 Å². The highest BCUT2D eigenvalue weighted by molar-refractivity contribution is 7.85. The van der Waals surface area contributed by atoms with Crippen molar-refractivity contribution < 1.29 is 32.4 Å². The molecule has 2 aromatic rings. The van der Waals surface area contributed by atoms with Gasteiger partial charge in [-0.15, -0.1) is 6.42 Å². The Bertz CT molecular complexity index is 1110. The first-order valence-corrected chi connectivity index (χ1v) is 11.9. The fraction of sp³-hybridized carbons (Fsp3) is 0.375. The van der Waals surface area contributed by atoms with Crippen LogP contribution in [0.15, 0.2) is 58.6 Å². The number of rotatable bonds is 11. The number of benzene rings is 2. The molecule has 2 aromatic carbocycles. The summed E-state index contributed by atoms with van der Waals surface area (Å²) in [5.74, 6) is 1.86. The highest BCUT2D eigenvalue weighted by Crippen LogP contribution is 2.28. The summed E-state index contributed by atoms with van der Waals surface area (Å²) in [6.45, 7) is 1.93. The quantitative estimate of drug-likeness (QED) is 0.381. The highest BCUT2D eigenvalue weighted by atomic mass is 32.2. The van der Waals surface area contributed by atoms with Crippen LogP contribution in [0.2, 0.25) is 0 Å². The number of terminal acetylenes is 1. The largest absolute Gasteiger partial charge is 0.394 e. The molecule has 3 rings (SSSR count). The summed E-state index contributed by atoms with van der Waals surface area (Å²) in [4.78, 5) is 5.07. The van der Waals surface area contributed by atoms with E-state index in [9.17, 15) is 18.1 Å². The first-order chi connectivity index (χ1) is 15.8. The zero-order valence-corrected chi connectivity index (χ0v) is 19.1. The summed E-state index contributed by atoms with van der Waals surface area (Å²) in [7, 11) is -4.47. The normalized spacial score (nSPS) is 17.6. The van der Waals surface area contributed by atoms with Gasteiger partial charge in [0.25, 0.3) is 10.1 Å². The van der Waals surface area contributed by atoms with E-state index in [2.05, 4.69) is 11.1 Å². The van der Waals surface area contributed by atoms with Crippen molar-refractivity contribution in [2.75, 3.05) is 19.8 Å². The van der Waals surface area contributed by atoms with E-state index < -0.39 is 28.2 Å². The first-order valence-electron chi connectivity index (χ1n) is 10.4. The molecule has 0 amide bonds. The van der Waals surface area contributed by atoms with Crippen LogP contribution < -0.4 is 0 Å². The molecule has 1 aliphatic rings. The molecule has 3 atom stereocenters. The lowest BCUT2D eigenvalue weighted by Crippen LogP contribution is -2.34. The van der Waals surface area contributed by atoms with Gasteiger partial charge in [0, 0.05) is 12.3 Å². The lowest BCUT2D eigenvalue weighted by atomic mass is 9.98. The molecule has 0 saturated carbocycles. The predicted molar refractivity (Wildman–Crippen MR) is 122 cm³/mol. The Hall–Kier alpha value is -2.74. The van der Waals surface area contributed by atoms with E-state index in [-0.39, 0.29) is 24.7 Å². The summed E-state index contributed by atoms with van der Waals surface area (Å²) in [6, 6.07) is 14.2. The zero-order valence-electron chi connectivity index (χ0n) is 18.3. The maximum Gasteiger partial charge on any atom is 0.294 e. The number of aryl methyl sites for hydroxylation is 1. The van der Waals surface area contributed by atoms with Gasteiger partial charge in [-0.3, -0.25) is 4.55 Å². The minimum Gasteiger partial charge on any atom is -0.394 e. The molecule has 176 valence electrons. The molecule has 0 radical (unpaired) electrons. The predicted octanol–water partition coefficient (Wildman–Crippen LogP) is 2.70. The van der Waals surface area contributed by atoms with Gasteiger partial charge < -0.3 is 19.4 Å². The van der Waals surface area contributed by atoms with Gasteiger partial charge in [0.15, 0.2) is 6.10 Å². The van der Waals surface area contributed by atoms with Crippen molar-refractivity contribution in [2.24, 2.45) is 5.16 Å². The molecule has 0 bridgehead atoms. The van der Waals surface area contributed by atoms with E-state index in [0.29, 0.717) is 24.3 Å². The Morgan fingerprint density at radius 2 is 2.00 bits per heavy atom. The summed E-state index contributed by atoms with van der Waals surface area (Å²) < 4.78 is 45.6. The van der Waals surface area contributed by atoms with E-state index in [4.69, 9.17) is 20.7 Å². The third kappa shape index (κ3) is 6.87. The van der Waals surface area contributed by atoms with Crippen LogP contribution in [0.25, 0.3) is 0 Å². The molecule has 33 heavy (non-hydrogen) atoms. The zero-order chi connectivity index (χ0) is 23.8. The molecule has 0 saturated heterocycles. The number of aliphatic hydroxyl groups excluding tert-OH is 1. The second kappa shape index (κ2) is 11.4. The van der Waals surface area contributed by atoms with Gasteiger partial charge in [-0.1, -0.05) is 59.1 Å². The number of oxime groups is 1. The Balaban J connectivity index is 1.78. The maximum absolute atomic E-state index is 12.0. The summed E-state index contributed by atoms with van der Waals surface area (Å²) in [5.41, 5.74) is 2.57. The highest BCUT2D eigenvalue weighted by Gasteiger charge is 2.31. The molecule has 1 aliphatic heterocycles. The van der Waals surface area contributed by atoms with Crippen LogP contribution in [-0.4, -0.2) is 55.8 Å². The molecule has 0 unspecified atom stereocenters. The minimum atomic E-state index is -4.47. The van der Waals surface area contributed by atoms with Crippen molar-refractivity contribution in [3.8, 4) is 12.3 Å². The molecule has 0 fully saturated rings. The van der Waals surface area contributed by atoms with E-state index in [1.807, 2.05) is 37.3 Å². The standard InChI is InChI=1S/C24H27NO7S/c1-3-20-12-22(32-25-20)23(13-26)31-16-19(15-30-14-18-7-5-4-6-8-18)21-11-17(2)9-10-24(21)33(27,28)29/h1,4-11,19,22-23,26H,12-16H2,2H3,(H,27,28,29)/t19-,22-,23+/m0/s1. The average Bonchev–Trinajstić information content (AvgIpc) is 3.27. The van der Waals surface area contributed by atoms with Gasteiger partial charge in [-0.25, -0.2) is 0 Å². The molecular formula is C24H27NO7S. The van der Waals surface area contributed by atoms with Gasteiger partial charge >= 0.3 is 0 Å². The lowest BCUT2D eigenvalue weighted by molar-refractivity contribution is -0.0878. The van der Waals surface area contributed by atoms with Gasteiger partial charge in [-0.2, -0.15) is 8.42 Å². The van der Waals surface area contributed by atoms with Gasteiger partial charge in [0.05, 0.1) is 31.3 Å². The molecule has 8 nitrogen and oxygen atoms in total. The monoisotopic (exact) mass is 473 g/mol. The summed E-state index contributed by atoms with van der Waals surface area (Å²) >= 11 is 0. The van der Waals surface area contributed by atoms with Gasteiger partial charge in [0.1, 0.15) is 11.8 Å². The number of hydrogen-bond donors (Lipinski definition) is 2. The molecule has 2 N–H and O–H groups in total. The number of aliphatic hydroxyl groups is 1. The Kier molecular flexibility index (Phi) is 8.61. The summed E-state index contributed by atoms with van der Waals surface area (Å²) in [6.07, 6.45) is 4.40. The van der Waals surface area contributed by atoms with E-state index in [1.54, 1.807) is 12.1 Å². The van der Waals surface area contributed by atoms with Crippen LogP contribution >= 0.6 is 0 Å². The fourth-order valence-electron chi connectivity index (χ4n) is 3.54. The Labute approximate surface area is 193 Å². The molecule has 0 aliphatic carbocycles. The van der Waals surface area contributed by atoms with Crippen molar-refractivity contribution in [3.63, 3.8) is 0 Å². The molecule has 0 aromatic heterocycles. The smallest absolute Gasteiger partial charge is 0.294 e. The van der Waals surface area contributed by atoms with Crippen LogP contribution in [0.1, 0.15) is 29.0 Å². The second-order valence-corrected chi connectivity index (χ2v) is 9.19. The number of nitrogens with zero attached hydrogens (tertiary/aromatic N) is 1. The van der Waals surface area contributed by atoms with E-state index in [1.165, 1.54) is 6.07 Å². The van der Waals surface area contributed by atoms with Crippen molar-refractivity contribution in [2.45, 2.75) is 43.0 Å². The third-order valence-electron chi connectivity index (χ3n) is 5.28. The first kappa shape index (κ1) is 24.9. The third-order valence-corrected chi connectivity index (χ3v) is 6.21. The van der Waals surface area contributed by atoms with E-state index >= 15 is 0 Å². The second-order valence-electron chi connectivity index (χ2n) is 7.80. The van der Waals surface area contributed by atoms with Crippen molar-refractivity contribution in [1.82, 2.24) is 0 Å². The van der Waals surface area contributed by atoms with Gasteiger partial charge in [-0.05, 0) is 24.1 Å². The summed E-state index contributed by atoms with van der Waals surface area (Å²) in [5, 5.41) is 13.6. The van der Waals surface area contributed by atoms with Crippen LogP contribution in [0.5, 0.6) is 0 Å². The molecular weight excluding hydrogens is 446 g/mol. The molecule has 9 heteroatoms. The Morgan fingerprint density at radius 3 is 2.64 bits per heavy atom. The molecule has 0 spiro atoms. The van der Waals surface area contributed by atoms with Crippen molar-refractivity contribution in [1.29, 1.82) is 0 Å². The molecule has 1 heterocycles. The van der Waals surface area contributed by atoms with Gasteiger partial charge in [0.2, 0.25) is 0 Å². The Morgan fingerprint density at radius 1 is 1.24 bits per heavy atom. The topological polar surface area (TPSA) is 115 Å².